The Bertz CT molecular complexity index is 970. The van der Waals surface area contributed by atoms with Gasteiger partial charge in [-0.2, -0.15) is 0 Å². The molecule has 0 atom stereocenters. The Kier molecular flexibility index (Phi) is 3.35. The van der Waals surface area contributed by atoms with Crippen LogP contribution in [0.3, 0.4) is 0 Å². The van der Waals surface area contributed by atoms with Gasteiger partial charge in [0.15, 0.2) is 5.82 Å². The van der Waals surface area contributed by atoms with Crippen LogP contribution in [0.25, 0.3) is 22.2 Å². The number of hydrogen-bond donors (Lipinski definition) is 0. The Morgan fingerprint density at radius 3 is 2.74 bits per heavy atom. The van der Waals surface area contributed by atoms with E-state index in [1.807, 2.05) is 47.8 Å². The van der Waals surface area contributed by atoms with Crippen molar-refractivity contribution in [2.75, 3.05) is 0 Å². The lowest BCUT2D eigenvalue weighted by atomic mass is 10.2. The normalized spacial score (nSPS) is 11.0. The third kappa shape index (κ3) is 2.59. The molecule has 0 fully saturated rings. The van der Waals surface area contributed by atoms with Gasteiger partial charge in [0.25, 0.3) is 5.89 Å². The van der Waals surface area contributed by atoms with Crippen molar-refractivity contribution in [3.63, 3.8) is 0 Å². The number of hydrogen-bond acceptors (Lipinski definition) is 7. The largest absolute Gasteiger partial charge is 0.442 e. The minimum atomic E-state index is -0.570. The van der Waals surface area contributed by atoms with Gasteiger partial charge in [-0.25, -0.2) is 9.36 Å². The summed E-state index contributed by atoms with van der Waals surface area (Å²) in [5.74, 6) is 0.600. The van der Waals surface area contributed by atoms with Crippen LogP contribution in [-0.4, -0.2) is 19.9 Å². The summed E-state index contributed by atoms with van der Waals surface area (Å²) < 4.78 is 11.7. The maximum Gasteiger partial charge on any atom is 0.442 e. The molecule has 3 heterocycles. The summed E-state index contributed by atoms with van der Waals surface area (Å²) in [7, 11) is 0. The Morgan fingerprint density at radius 2 is 1.96 bits per heavy atom. The molecule has 0 unspecified atom stereocenters. The Hall–Kier alpha value is -3.00. The second-order valence-electron chi connectivity index (χ2n) is 4.70. The molecule has 4 aromatic rings. The van der Waals surface area contributed by atoms with Crippen molar-refractivity contribution < 1.29 is 8.94 Å². The van der Waals surface area contributed by atoms with E-state index in [2.05, 4.69) is 15.4 Å². The summed E-state index contributed by atoms with van der Waals surface area (Å²) in [5, 5.41) is 13.7. The average molecular weight is 326 g/mol. The third-order valence-electron chi connectivity index (χ3n) is 3.21. The zero-order valence-corrected chi connectivity index (χ0v) is 12.6. The Balaban J connectivity index is 1.68. The molecule has 0 saturated carbocycles. The van der Waals surface area contributed by atoms with E-state index in [-0.39, 0.29) is 6.54 Å². The first-order chi connectivity index (χ1) is 11.3. The molecule has 0 aliphatic carbocycles. The summed E-state index contributed by atoms with van der Waals surface area (Å²) in [6.07, 6.45) is 0. The van der Waals surface area contributed by atoms with E-state index in [4.69, 9.17) is 8.94 Å². The molecule has 0 bridgehead atoms. The van der Waals surface area contributed by atoms with Crippen LogP contribution in [0.5, 0.6) is 0 Å². The first-order valence-corrected chi connectivity index (χ1v) is 7.67. The predicted molar refractivity (Wildman–Crippen MR) is 82.9 cm³/mol. The highest BCUT2D eigenvalue weighted by molar-refractivity contribution is 7.13. The molecule has 1 aromatic carbocycles. The molecule has 3 aromatic heterocycles. The second-order valence-corrected chi connectivity index (χ2v) is 5.65. The monoisotopic (exact) mass is 326 g/mol. The van der Waals surface area contributed by atoms with Gasteiger partial charge in [-0.05, 0) is 11.4 Å². The molecule has 0 N–H and O–H groups in total. The lowest BCUT2D eigenvalue weighted by Crippen LogP contribution is -2.16. The predicted octanol–water partition coefficient (Wildman–Crippen LogP) is 2.66. The zero-order chi connectivity index (χ0) is 15.6. The topological polar surface area (TPSA) is 87.0 Å². The molecule has 7 nitrogen and oxygen atoms in total. The van der Waals surface area contributed by atoms with Gasteiger partial charge < -0.3 is 4.42 Å². The summed E-state index contributed by atoms with van der Waals surface area (Å²) in [6.45, 7) is 0.102. The van der Waals surface area contributed by atoms with Crippen LogP contribution >= 0.6 is 11.3 Å². The van der Waals surface area contributed by atoms with E-state index in [0.717, 1.165) is 10.4 Å². The summed E-state index contributed by atoms with van der Waals surface area (Å²) >= 11 is 1.50. The maximum absolute atomic E-state index is 11.9. The highest BCUT2D eigenvalue weighted by atomic mass is 32.1. The molecule has 23 heavy (non-hydrogen) atoms. The molecule has 4 rings (SSSR count). The van der Waals surface area contributed by atoms with Crippen LogP contribution < -0.4 is 5.76 Å². The van der Waals surface area contributed by atoms with Crippen molar-refractivity contribution in [1.29, 1.82) is 0 Å². The lowest BCUT2D eigenvalue weighted by molar-refractivity contribution is 0.374. The van der Waals surface area contributed by atoms with Crippen LogP contribution in [0.15, 0.2) is 61.6 Å². The lowest BCUT2D eigenvalue weighted by Gasteiger charge is -2.01. The van der Waals surface area contributed by atoms with Crippen molar-refractivity contribution in [2.45, 2.75) is 6.54 Å². The maximum atomic E-state index is 11.9. The van der Waals surface area contributed by atoms with Gasteiger partial charge >= 0.3 is 5.76 Å². The fraction of sp³-hybridized carbons (Fsp3) is 0.0667. The first kappa shape index (κ1) is 13.6. The fourth-order valence-electron chi connectivity index (χ4n) is 2.16. The van der Waals surface area contributed by atoms with E-state index in [0.29, 0.717) is 17.6 Å². The zero-order valence-electron chi connectivity index (χ0n) is 11.7. The van der Waals surface area contributed by atoms with Gasteiger partial charge in [-0.3, -0.25) is 4.52 Å². The molecule has 114 valence electrons. The van der Waals surface area contributed by atoms with Gasteiger partial charge in [-0.1, -0.05) is 41.6 Å². The quantitative estimate of drug-likeness (QED) is 0.573. The summed E-state index contributed by atoms with van der Waals surface area (Å²) in [4.78, 5) is 12.8. The van der Waals surface area contributed by atoms with Crippen LogP contribution in [0.2, 0.25) is 0 Å². The smallest absolute Gasteiger partial charge is 0.418 e. The molecule has 8 heteroatoms. The van der Waals surface area contributed by atoms with Crippen LogP contribution in [0.4, 0.5) is 0 Å². The third-order valence-corrected chi connectivity index (χ3v) is 4.07. The van der Waals surface area contributed by atoms with E-state index in [9.17, 15) is 4.79 Å². The number of rotatable bonds is 4. The van der Waals surface area contributed by atoms with E-state index >= 15 is 0 Å². The number of thiophene rings is 1. The van der Waals surface area contributed by atoms with Crippen LogP contribution in [-0.2, 0) is 6.54 Å². The molecule has 0 radical (unpaired) electrons. The van der Waals surface area contributed by atoms with Crippen molar-refractivity contribution in [1.82, 2.24) is 19.9 Å². The minimum Gasteiger partial charge on any atom is -0.418 e. The van der Waals surface area contributed by atoms with Gasteiger partial charge in [-0.15, -0.1) is 21.5 Å². The molecule has 0 amide bonds. The van der Waals surface area contributed by atoms with Gasteiger partial charge in [0.2, 0.25) is 5.89 Å². The Labute approximate surface area is 133 Å². The van der Waals surface area contributed by atoms with Gasteiger partial charge in [0.05, 0.1) is 4.88 Å². The average Bonchev–Trinajstić information content (AvgIpc) is 3.31. The highest BCUT2D eigenvalue weighted by Crippen LogP contribution is 2.23. The molecular formula is C15H10N4O3S. The van der Waals surface area contributed by atoms with Crippen molar-refractivity contribution >= 4 is 11.3 Å². The second kappa shape index (κ2) is 5.65. The fourth-order valence-corrected chi connectivity index (χ4v) is 2.80. The Morgan fingerprint density at radius 1 is 1.09 bits per heavy atom. The SMILES string of the molecule is O=c1onc(-c2ccccc2)n1Cc1nnc(-c2cccs2)o1. The van der Waals surface area contributed by atoms with Crippen LogP contribution in [0, 0.1) is 0 Å². The number of aromatic nitrogens is 4. The van der Waals surface area contributed by atoms with E-state index in [1.165, 1.54) is 15.9 Å². The van der Waals surface area contributed by atoms with Crippen LogP contribution in [0.1, 0.15) is 5.89 Å². The van der Waals surface area contributed by atoms with Crippen molar-refractivity contribution in [3.8, 4) is 22.2 Å². The number of nitrogens with zero attached hydrogens (tertiary/aromatic N) is 4. The van der Waals surface area contributed by atoms with Gasteiger partial charge in [0.1, 0.15) is 6.54 Å². The molecule has 0 saturated heterocycles. The molecule has 0 aliphatic rings. The van der Waals surface area contributed by atoms with Crippen molar-refractivity contribution in [3.05, 3.63) is 64.3 Å². The molecule has 0 spiro atoms. The van der Waals surface area contributed by atoms with Gasteiger partial charge in [0, 0.05) is 5.56 Å². The van der Waals surface area contributed by atoms with Crippen molar-refractivity contribution in [2.24, 2.45) is 0 Å². The minimum absolute atomic E-state index is 0.102. The molecular weight excluding hydrogens is 316 g/mol. The standard InChI is InChI=1S/C15H10N4O3S/c20-15-19(13(18-22-15)10-5-2-1-3-6-10)9-12-16-17-14(21-12)11-7-4-8-23-11/h1-8H,9H2. The molecule has 0 aliphatic heterocycles. The van der Waals surface area contributed by atoms with E-state index in [1.54, 1.807) is 0 Å². The summed E-state index contributed by atoms with van der Waals surface area (Å²) in [5.41, 5.74) is 0.774. The summed E-state index contributed by atoms with van der Waals surface area (Å²) in [6, 6.07) is 13.1. The number of benzene rings is 1. The van der Waals surface area contributed by atoms with E-state index < -0.39 is 5.76 Å². The highest BCUT2D eigenvalue weighted by Gasteiger charge is 2.16. The first-order valence-electron chi connectivity index (χ1n) is 6.79.